The monoisotopic (exact) mass is 324 g/mol. The van der Waals surface area contributed by atoms with Crippen LogP contribution in [0.5, 0.6) is 0 Å². The molecule has 2 nitrogen and oxygen atoms in total. The molecule has 128 valence electrons. The zero-order valence-electron chi connectivity index (χ0n) is 15.3. The molecule has 24 heavy (non-hydrogen) atoms. The van der Waals surface area contributed by atoms with Gasteiger partial charge in [0.1, 0.15) is 6.10 Å². The number of aryl methyl sites for hydroxylation is 4. The van der Waals surface area contributed by atoms with Crippen molar-refractivity contribution in [1.82, 2.24) is 0 Å². The van der Waals surface area contributed by atoms with Crippen LogP contribution in [0, 0.1) is 27.7 Å². The Morgan fingerprint density at radius 1 is 0.958 bits per heavy atom. The molecule has 1 aliphatic rings. The summed E-state index contributed by atoms with van der Waals surface area (Å²) < 4.78 is 10.9. The lowest BCUT2D eigenvalue weighted by Crippen LogP contribution is -2.05. The quantitative estimate of drug-likeness (QED) is 0.532. The molecule has 3 rings (SSSR count). The molecule has 0 aromatic heterocycles. The van der Waals surface area contributed by atoms with Crippen LogP contribution in [0.3, 0.4) is 0 Å². The molecule has 1 saturated heterocycles. The van der Waals surface area contributed by atoms with Gasteiger partial charge in [0.25, 0.3) is 0 Å². The molecule has 1 heterocycles. The van der Waals surface area contributed by atoms with Crippen molar-refractivity contribution in [2.24, 2.45) is 0 Å². The third-order valence-corrected chi connectivity index (χ3v) is 4.57. The summed E-state index contributed by atoms with van der Waals surface area (Å²) in [5.74, 6) is 0. The van der Waals surface area contributed by atoms with Gasteiger partial charge in [-0.2, -0.15) is 0 Å². The van der Waals surface area contributed by atoms with Crippen LogP contribution in [0.25, 0.3) is 11.1 Å². The van der Waals surface area contributed by atoms with Gasteiger partial charge in [-0.15, -0.1) is 0 Å². The van der Waals surface area contributed by atoms with Gasteiger partial charge in [-0.3, -0.25) is 0 Å². The van der Waals surface area contributed by atoms with Gasteiger partial charge in [-0.25, -0.2) is 0 Å². The van der Waals surface area contributed by atoms with Crippen molar-refractivity contribution in [1.29, 1.82) is 0 Å². The van der Waals surface area contributed by atoms with Crippen molar-refractivity contribution in [2.75, 3.05) is 19.8 Å². The number of hydrogen-bond acceptors (Lipinski definition) is 2. The van der Waals surface area contributed by atoms with Crippen LogP contribution >= 0.6 is 0 Å². The standard InChI is InChI=1S/C22H28O2/c1-15-8-16(2)11-19(10-15)22-12-17(3)9-18(4)21(22)6-5-7-23-13-20-14-24-20/h8-12,20H,5-7,13-14H2,1-4H3. The van der Waals surface area contributed by atoms with E-state index in [0.717, 1.165) is 32.7 Å². The van der Waals surface area contributed by atoms with E-state index in [1.54, 1.807) is 0 Å². The van der Waals surface area contributed by atoms with Crippen LogP contribution < -0.4 is 0 Å². The predicted molar refractivity (Wildman–Crippen MR) is 99.7 cm³/mol. The number of epoxide rings is 1. The molecular weight excluding hydrogens is 296 g/mol. The van der Waals surface area contributed by atoms with Crippen molar-refractivity contribution in [2.45, 2.75) is 46.6 Å². The SMILES string of the molecule is Cc1cc(C)cc(-c2cc(C)cc(C)c2CCCOCC2CO2)c1. The second-order valence-corrected chi connectivity index (χ2v) is 7.12. The smallest absolute Gasteiger partial charge is 0.104 e. The molecule has 0 saturated carbocycles. The fourth-order valence-corrected chi connectivity index (χ4v) is 3.45. The summed E-state index contributed by atoms with van der Waals surface area (Å²) >= 11 is 0. The molecule has 0 bridgehead atoms. The topological polar surface area (TPSA) is 21.8 Å². The highest BCUT2D eigenvalue weighted by Crippen LogP contribution is 2.30. The minimum absolute atomic E-state index is 0.358. The zero-order valence-corrected chi connectivity index (χ0v) is 15.3. The van der Waals surface area contributed by atoms with Crippen molar-refractivity contribution >= 4 is 0 Å². The Morgan fingerprint density at radius 2 is 1.62 bits per heavy atom. The lowest BCUT2D eigenvalue weighted by Gasteiger charge is -2.16. The summed E-state index contributed by atoms with van der Waals surface area (Å²) in [6.07, 6.45) is 2.46. The molecule has 1 fully saturated rings. The van der Waals surface area contributed by atoms with E-state index in [9.17, 15) is 0 Å². The minimum atomic E-state index is 0.358. The first-order valence-corrected chi connectivity index (χ1v) is 8.91. The Hall–Kier alpha value is -1.64. The molecule has 0 N–H and O–H groups in total. The van der Waals surface area contributed by atoms with Gasteiger partial charge in [0.05, 0.1) is 13.2 Å². The van der Waals surface area contributed by atoms with Crippen LogP contribution in [0.4, 0.5) is 0 Å². The molecule has 0 amide bonds. The summed E-state index contributed by atoms with van der Waals surface area (Å²) in [5.41, 5.74) is 9.52. The summed E-state index contributed by atoms with van der Waals surface area (Å²) in [6.45, 7) is 11.2. The van der Waals surface area contributed by atoms with Crippen LogP contribution in [-0.2, 0) is 15.9 Å². The second kappa shape index (κ2) is 7.50. The first kappa shape index (κ1) is 17.2. The van der Waals surface area contributed by atoms with E-state index in [1.165, 1.54) is 38.9 Å². The van der Waals surface area contributed by atoms with E-state index in [2.05, 4.69) is 58.0 Å². The maximum Gasteiger partial charge on any atom is 0.104 e. The third kappa shape index (κ3) is 4.46. The number of hydrogen-bond donors (Lipinski definition) is 0. The summed E-state index contributed by atoms with van der Waals surface area (Å²) in [5, 5.41) is 0. The van der Waals surface area contributed by atoms with E-state index in [4.69, 9.17) is 9.47 Å². The van der Waals surface area contributed by atoms with E-state index >= 15 is 0 Å². The normalized spacial score (nSPS) is 16.4. The third-order valence-electron chi connectivity index (χ3n) is 4.57. The van der Waals surface area contributed by atoms with Gasteiger partial charge < -0.3 is 9.47 Å². The molecule has 1 atom stereocenters. The maximum atomic E-state index is 5.70. The maximum absolute atomic E-state index is 5.70. The van der Waals surface area contributed by atoms with Gasteiger partial charge >= 0.3 is 0 Å². The molecule has 0 aliphatic carbocycles. The van der Waals surface area contributed by atoms with Gasteiger partial charge in [-0.1, -0.05) is 47.0 Å². The lowest BCUT2D eigenvalue weighted by molar-refractivity contribution is 0.114. The van der Waals surface area contributed by atoms with E-state index in [0.29, 0.717) is 6.10 Å². The average molecular weight is 324 g/mol. The molecular formula is C22H28O2. The Balaban J connectivity index is 1.78. The number of benzene rings is 2. The average Bonchev–Trinajstić information content (AvgIpc) is 3.31. The summed E-state index contributed by atoms with van der Waals surface area (Å²) in [6, 6.07) is 11.5. The first-order chi connectivity index (χ1) is 11.5. The predicted octanol–water partition coefficient (Wildman–Crippen LogP) is 4.94. The molecule has 0 spiro atoms. The zero-order chi connectivity index (χ0) is 17.1. The highest BCUT2D eigenvalue weighted by molar-refractivity contribution is 5.71. The van der Waals surface area contributed by atoms with Crippen LogP contribution in [0.1, 0.15) is 34.2 Å². The fraction of sp³-hybridized carbons (Fsp3) is 0.455. The van der Waals surface area contributed by atoms with Crippen molar-refractivity contribution in [3.63, 3.8) is 0 Å². The van der Waals surface area contributed by atoms with Crippen molar-refractivity contribution < 1.29 is 9.47 Å². The van der Waals surface area contributed by atoms with Crippen LogP contribution in [0.2, 0.25) is 0 Å². The highest BCUT2D eigenvalue weighted by atomic mass is 16.6. The Kier molecular flexibility index (Phi) is 5.37. The summed E-state index contributed by atoms with van der Waals surface area (Å²) in [4.78, 5) is 0. The lowest BCUT2D eigenvalue weighted by atomic mass is 9.90. The molecule has 2 aromatic carbocycles. The summed E-state index contributed by atoms with van der Waals surface area (Å²) in [7, 11) is 0. The number of rotatable bonds is 7. The first-order valence-electron chi connectivity index (χ1n) is 8.91. The van der Waals surface area contributed by atoms with Crippen molar-refractivity contribution in [3.05, 3.63) is 58.1 Å². The Labute approximate surface area is 145 Å². The molecule has 2 heteroatoms. The number of ether oxygens (including phenoxy) is 2. The molecule has 1 aliphatic heterocycles. The highest BCUT2D eigenvalue weighted by Gasteiger charge is 2.22. The van der Waals surface area contributed by atoms with Crippen molar-refractivity contribution in [3.8, 4) is 11.1 Å². The van der Waals surface area contributed by atoms with E-state index < -0.39 is 0 Å². The van der Waals surface area contributed by atoms with Gasteiger partial charge in [0.15, 0.2) is 0 Å². The van der Waals surface area contributed by atoms with Gasteiger partial charge in [0.2, 0.25) is 0 Å². The van der Waals surface area contributed by atoms with Gasteiger partial charge in [0, 0.05) is 6.61 Å². The molecule has 2 aromatic rings. The Morgan fingerprint density at radius 3 is 2.29 bits per heavy atom. The van der Waals surface area contributed by atoms with Crippen LogP contribution in [0.15, 0.2) is 30.3 Å². The fourth-order valence-electron chi connectivity index (χ4n) is 3.45. The second-order valence-electron chi connectivity index (χ2n) is 7.12. The molecule has 0 radical (unpaired) electrons. The van der Waals surface area contributed by atoms with Crippen LogP contribution in [-0.4, -0.2) is 25.9 Å². The van der Waals surface area contributed by atoms with Gasteiger partial charge in [-0.05, 0) is 62.8 Å². The largest absolute Gasteiger partial charge is 0.379 e. The minimum Gasteiger partial charge on any atom is -0.379 e. The van der Waals surface area contributed by atoms with E-state index in [-0.39, 0.29) is 0 Å². The molecule has 1 unspecified atom stereocenters. The Bertz CT molecular complexity index is 694. The van der Waals surface area contributed by atoms with E-state index in [1.807, 2.05) is 0 Å².